The molecule has 0 aliphatic carbocycles. The van der Waals surface area contributed by atoms with E-state index < -0.39 is 0 Å². The number of rotatable bonds is 5. The monoisotopic (exact) mass is 343 g/mol. The molecule has 126 valence electrons. The molecule has 5 nitrogen and oxygen atoms in total. The molecule has 0 saturated carbocycles. The minimum Gasteiger partial charge on any atom is -0.497 e. The first-order chi connectivity index (χ1) is 11.5. The molecule has 6 heteroatoms. The second-order valence-electron chi connectivity index (χ2n) is 5.43. The Morgan fingerprint density at radius 1 is 1.08 bits per heavy atom. The molecule has 0 aromatic heterocycles. The molecule has 2 aromatic carbocycles. The Morgan fingerprint density at radius 2 is 1.71 bits per heavy atom. The Balaban J connectivity index is 1.86. The summed E-state index contributed by atoms with van der Waals surface area (Å²) in [5.41, 5.74) is 2.58. The number of methoxy groups -OCH3 is 1. The number of ether oxygens (including phenoxy) is 1. The summed E-state index contributed by atoms with van der Waals surface area (Å²) < 4.78 is 5.13. The number of anilines is 1. The molecule has 24 heavy (non-hydrogen) atoms. The molecule has 0 saturated heterocycles. The van der Waals surface area contributed by atoms with E-state index in [0.29, 0.717) is 17.2 Å². The topological polar surface area (TPSA) is 53.6 Å². The Bertz CT molecular complexity index is 697. The van der Waals surface area contributed by atoms with Crippen molar-refractivity contribution >= 4 is 28.9 Å². The van der Waals surface area contributed by atoms with E-state index in [1.165, 1.54) is 0 Å². The van der Waals surface area contributed by atoms with Crippen LogP contribution in [0.1, 0.15) is 15.9 Å². The first kappa shape index (κ1) is 17.7. The Labute approximate surface area is 147 Å². The molecule has 0 atom stereocenters. The van der Waals surface area contributed by atoms with Crippen molar-refractivity contribution in [3.05, 3.63) is 59.7 Å². The van der Waals surface area contributed by atoms with Crippen molar-refractivity contribution in [3.8, 4) is 5.75 Å². The van der Waals surface area contributed by atoms with Gasteiger partial charge in [-0.3, -0.25) is 4.79 Å². The molecule has 1 amide bonds. The number of hydrogen-bond donors (Lipinski definition) is 2. The van der Waals surface area contributed by atoms with Gasteiger partial charge in [-0.15, -0.1) is 0 Å². The highest BCUT2D eigenvalue weighted by Crippen LogP contribution is 2.12. The van der Waals surface area contributed by atoms with E-state index >= 15 is 0 Å². The van der Waals surface area contributed by atoms with E-state index in [1.54, 1.807) is 38.2 Å². The molecule has 0 aliphatic heterocycles. The van der Waals surface area contributed by atoms with Crippen LogP contribution in [-0.4, -0.2) is 37.1 Å². The zero-order valence-electron chi connectivity index (χ0n) is 14.0. The molecule has 0 fully saturated rings. The van der Waals surface area contributed by atoms with Crippen LogP contribution in [0.2, 0.25) is 0 Å². The van der Waals surface area contributed by atoms with Crippen LogP contribution >= 0.6 is 12.2 Å². The molecule has 2 rings (SSSR count). The summed E-state index contributed by atoms with van der Waals surface area (Å²) in [6.45, 7) is 0.618. The van der Waals surface area contributed by atoms with Crippen LogP contribution in [0.4, 0.5) is 5.69 Å². The third kappa shape index (κ3) is 4.96. The van der Waals surface area contributed by atoms with E-state index in [1.807, 2.05) is 36.4 Å². The molecule has 0 bridgehead atoms. The van der Waals surface area contributed by atoms with Crippen molar-refractivity contribution in [3.63, 3.8) is 0 Å². The summed E-state index contributed by atoms with van der Waals surface area (Å²) in [7, 11) is 5.10. The second kappa shape index (κ2) is 8.31. The van der Waals surface area contributed by atoms with Gasteiger partial charge in [0.05, 0.1) is 7.11 Å². The fraction of sp³-hybridized carbons (Fsp3) is 0.222. The van der Waals surface area contributed by atoms with Gasteiger partial charge in [0.15, 0.2) is 5.11 Å². The lowest BCUT2D eigenvalue weighted by atomic mass is 10.2. The van der Waals surface area contributed by atoms with Gasteiger partial charge >= 0.3 is 0 Å². The van der Waals surface area contributed by atoms with Crippen LogP contribution in [0.25, 0.3) is 0 Å². The molecular weight excluding hydrogens is 322 g/mol. The zero-order valence-corrected chi connectivity index (χ0v) is 14.8. The molecule has 0 spiro atoms. The summed E-state index contributed by atoms with van der Waals surface area (Å²) in [4.78, 5) is 13.4. The maximum absolute atomic E-state index is 11.8. The predicted octanol–water partition coefficient (Wildman–Crippen LogP) is 2.88. The fourth-order valence-electron chi connectivity index (χ4n) is 2.06. The van der Waals surface area contributed by atoms with Gasteiger partial charge in [0.1, 0.15) is 5.75 Å². The van der Waals surface area contributed by atoms with Crippen molar-refractivity contribution in [2.24, 2.45) is 0 Å². The lowest BCUT2D eigenvalue weighted by Crippen LogP contribution is -2.28. The van der Waals surface area contributed by atoms with Gasteiger partial charge in [-0.05, 0) is 54.2 Å². The quantitative estimate of drug-likeness (QED) is 0.818. The maximum Gasteiger partial charge on any atom is 0.253 e. The summed E-state index contributed by atoms with van der Waals surface area (Å²) in [6, 6.07) is 15.0. The van der Waals surface area contributed by atoms with Crippen LogP contribution in [0, 0.1) is 0 Å². The summed E-state index contributed by atoms with van der Waals surface area (Å²) in [5, 5.41) is 6.77. The maximum atomic E-state index is 11.8. The third-order valence-corrected chi connectivity index (χ3v) is 3.65. The molecule has 2 aromatic rings. The number of carbonyl (C=O) groups is 1. The number of nitrogens with zero attached hydrogens (tertiary/aromatic N) is 1. The van der Waals surface area contributed by atoms with Crippen molar-refractivity contribution in [2.45, 2.75) is 6.54 Å². The highest BCUT2D eigenvalue weighted by molar-refractivity contribution is 7.80. The van der Waals surface area contributed by atoms with E-state index in [4.69, 9.17) is 17.0 Å². The summed E-state index contributed by atoms with van der Waals surface area (Å²) in [5.74, 6) is 0.800. The average molecular weight is 343 g/mol. The minimum absolute atomic E-state index is 0.0262. The van der Waals surface area contributed by atoms with Crippen LogP contribution in [0.15, 0.2) is 48.5 Å². The predicted molar refractivity (Wildman–Crippen MR) is 101 cm³/mol. The van der Waals surface area contributed by atoms with Crippen molar-refractivity contribution in [1.29, 1.82) is 0 Å². The van der Waals surface area contributed by atoms with Gasteiger partial charge < -0.3 is 20.3 Å². The fourth-order valence-corrected chi connectivity index (χ4v) is 2.25. The molecule has 0 radical (unpaired) electrons. The van der Waals surface area contributed by atoms with Crippen LogP contribution < -0.4 is 15.4 Å². The number of hydrogen-bond acceptors (Lipinski definition) is 3. The van der Waals surface area contributed by atoms with Gasteiger partial charge in [-0.25, -0.2) is 0 Å². The van der Waals surface area contributed by atoms with Gasteiger partial charge in [0, 0.05) is 31.9 Å². The van der Waals surface area contributed by atoms with E-state index in [-0.39, 0.29) is 5.91 Å². The number of thiocarbonyl (C=S) groups is 1. The Morgan fingerprint density at radius 3 is 2.25 bits per heavy atom. The van der Waals surface area contributed by atoms with Crippen molar-refractivity contribution in [1.82, 2.24) is 10.2 Å². The average Bonchev–Trinajstić information content (AvgIpc) is 2.60. The second-order valence-corrected chi connectivity index (χ2v) is 5.84. The van der Waals surface area contributed by atoms with E-state index in [2.05, 4.69) is 10.6 Å². The molecule has 0 aliphatic rings. The summed E-state index contributed by atoms with van der Waals surface area (Å²) in [6.07, 6.45) is 0. The van der Waals surface area contributed by atoms with Crippen LogP contribution in [0.3, 0.4) is 0 Å². The van der Waals surface area contributed by atoms with Crippen molar-refractivity contribution < 1.29 is 9.53 Å². The normalized spacial score (nSPS) is 9.96. The van der Waals surface area contributed by atoms with Gasteiger partial charge in [0.25, 0.3) is 5.91 Å². The Hall–Kier alpha value is -2.60. The number of benzene rings is 2. The first-order valence-corrected chi connectivity index (χ1v) is 7.90. The number of carbonyl (C=O) groups excluding carboxylic acids is 1. The Kier molecular flexibility index (Phi) is 6.14. The minimum atomic E-state index is -0.0262. The lowest BCUT2D eigenvalue weighted by molar-refractivity contribution is 0.0827. The molecule has 0 unspecified atom stereocenters. The SMILES string of the molecule is COc1ccc(CNC(=S)Nc2ccc(C(=O)N(C)C)cc2)cc1. The summed E-state index contributed by atoms with van der Waals surface area (Å²) >= 11 is 5.29. The van der Waals surface area contributed by atoms with Gasteiger partial charge in [-0.1, -0.05) is 12.1 Å². The smallest absolute Gasteiger partial charge is 0.253 e. The standard InChI is InChI=1S/C18H21N3O2S/c1-21(2)17(22)14-6-8-15(9-7-14)20-18(24)19-12-13-4-10-16(23-3)11-5-13/h4-11H,12H2,1-3H3,(H2,19,20,24). The number of amides is 1. The van der Waals surface area contributed by atoms with E-state index in [0.717, 1.165) is 17.0 Å². The highest BCUT2D eigenvalue weighted by Gasteiger charge is 2.07. The van der Waals surface area contributed by atoms with Crippen LogP contribution in [0.5, 0.6) is 5.75 Å². The zero-order chi connectivity index (χ0) is 17.5. The largest absolute Gasteiger partial charge is 0.497 e. The molecule has 2 N–H and O–H groups in total. The van der Waals surface area contributed by atoms with Crippen molar-refractivity contribution in [2.75, 3.05) is 26.5 Å². The van der Waals surface area contributed by atoms with E-state index in [9.17, 15) is 4.79 Å². The van der Waals surface area contributed by atoms with Gasteiger partial charge in [-0.2, -0.15) is 0 Å². The molecular formula is C18H21N3O2S. The third-order valence-electron chi connectivity index (χ3n) is 3.41. The highest BCUT2D eigenvalue weighted by atomic mass is 32.1. The van der Waals surface area contributed by atoms with Crippen LogP contribution in [-0.2, 0) is 6.54 Å². The number of nitrogens with one attached hydrogen (secondary N) is 2. The molecule has 0 heterocycles. The van der Waals surface area contributed by atoms with Gasteiger partial charge in [0.2, 0.25) is 0 Å². The first-order valence-electron chi connectivity index (χ1n) is 7.49. The lowest BCUT2D eigenvalue weighted by Gasteiger charge is -2.13.